The van der Waals surface area contributed by atoms with E-state index in [9.17, 15) is 8.42 Å². The van der Waals surface area contributed by atoms with Gasteiger partial charge >= 0.3 is 0 Å². The van der Waals surface area contributed by atoms with Crippen molar-refractivity contribution in [1.82, 2.24) is 20.2 Å². The van der Waals surface area contributed by atoms with Gasteiger partial charge in [-0.15, -0.1) is 24.0 Å². The van der Waals surface area contributed by atoms with Crippen molar-refractivity contribution in [2.75, 3.05) is 19.8 Å². The van der Waals surface area contributed by atoms with Gasteiger partial charge in [-0.3, -0.25) is 4.99 Å². The Morgan fingerprint density at radius 3 is 2.47 bits per heavy atom. The van der Waals surface area contributed by atoms with Crippen LogP contribution in [0.1, 0.15) is 11.1 Å². The molecule has 0 amide bonds. The van der Waals surface area contributed by atoms with Crippen molar-refractivity contribution in [3.8, 4) is 5.69 Å². The summed E-state index contributed by atoms with van der Waals surface area (Å²) < 4.78 is 25.0. The first-order chi connectivity index (χ1) is 14.0. The molecule has 7 nitrogen and oxygen atoms in total. The van der Waals surface area contributed by atoms with Crippen molar-refractivity contribution in [2.45, 2.75) is 17.9 Å². The summed E-state index contributed by atoms with van der Waals surface area (Å²) in [6.07, 6.45) is 7.43. The van der Waals surface area contributed by atoms with Crippen LogP contribution in [-0.4, -0.2) is 43.8 Å². The van der Waals surface area contributed by atoms with Crippen molar-refractivity contribution >= 4 is 39.8 Å². The number of guanidine groups is 1. The van der Waals surface area contributed by atoms with Crippen LogP contribution in [0.4, 0.5) is 0 Å². The molecule has 0 aliphatic rings. The molecule has 0 aliphatic heterocycles. The molecular weight excluding hydrogens is 513 g/mol. The van der Waals surface area contributed by atoms with E-state index in [-0.39, 0.29) is 24.0 Å². The number of hydrogen-bond donors (Lipinski definition) is 2. The lowest BCUT2D eigenvalue weighted by atomic mass is 10.1. The van der Waals surface area contributed by atoms with Gasteiger partial charge in [0, 0.05) is 38.8 Å². The van der Waals surface area contributed by atoms with E-state index in [2.05, 4.69) is 32.7 Å². The molecule has 30 heavy (non-hydrogen) atoms. The second kappa shape index (κ2) is 11.1. The van der Waals surface area contributed by atoms with Crippen LogP contribution < -0.4 is 10.6 Å². The van der Waals surface area contributed by atoms with Gasteiger partial charge in [-0.25, -0.2) is 13.4 Å². The van der Waals surface area contributed by atoms with Crippen LogP contribution in [0.25, 0.3) is 5.69 Å². The van der Waals surface area contributed by atoms with E-state index >= 15 is 0 Å². The standard InChI is InChI=1S/C21H25N5O2S.HI/c1-22-21(24-12-11-17-7-9-19(10-8-17)29(2,27)28)25-15-18-5-3-4-6-20(18)26-14-13-23-16-26;/h3-10,13-14,16H,11-12,15H2,1-2H3,(H2,22,24,25);1H. The highest BCUT2D eigenvalue weighted by Crippen LogP contribution is 2.14. The fourth-order valence-electron chi connectivity index (χ4n) is 2.94. The smallest absolute Gasteiger partial charge is 0.191 e. The summed E-state index contributed by atoms with van der Waals surface area (Å²) >= 11 is 0. The minimum atomic E-state index is -3.16. The van der Waals surface area contributed by atoms with Gasteiger partial charge < -0.3 is 15.2 Å². The molecule has 9 heteroatoms. The molecule has 0 aliphatic carbocycles. The van der Waals surface area contributed by atoms with Crippen LogP contribution in [0, 0.1) is 0 Å². The molecule has 1 heterocycles. The zero-order valence-electron chi connectivity index (χ0n) is 16.9. The van der Waals surface area contributed by atoms with Crippen molar-refractivity contribution < 1.29 is 8.42 Å². The minimum absolute atomic E-state index is 0. The Hall–Kier alpha value is -2.40. The molecular formula is C21H26IN5O2S. The zero-order valence-corrected chi connectivity index (χ0v) is 20.1. The predicted molar refractivity (Wildman–Crippen MR) is 130 cm³/mol. The van der Waals surface area contributed by atoms with Crippen molar-refractivity contribution in [3.05, 3.63) is 78.4 Å². The van der Waals surface area contributed by atoms with Gasteiger partial charge in [-0.05, 0) is 35.7 Å². The molecule has 0 saturated carbocycles. The summed E-state index contributed by atoms with van der Waals surface area (Å²) in [6.45, 7) is 1.30. The second-order valence-corrected chi connectivity index (χ2v) is 8.63. The van der Waals surface area contributed by atoms with Crippen LogP contribution in [0.5, 0.6) is 0 Å². The second-order valence-electron chi connectivity index (χ2n) is 6.62. The number of para-hydroxylation sites is 1. The van der Waals surface area contributed by atoms with E-state index in [0.717, 1.165) is 23.2 Å². The maximum Gasteiger partial charge on any atom is 0.191 e. The van der Waals surface area contributed by atoms with E-state index in [1.807, 2.05) is 35.0 Å². The molecule has 2 aromatic carbocycles. The molecule has 0 unspecified atom stereocenters. The van der Waals surface area contributed by atoms with Gasteiger partial charge in [0.15, 0.2) is 15.8 Å². The largest absolute Gasteiger partial charge is 0.356 e. The summed E-state index contributed by atoms with van der Waals surface area (Å²) in [7, 11) is -1.43. The van der Waals surface area contributed by atoms with Gasteiger partial charge in [0.1, 0.15) is 0 Å². The molecule has 3 rings (SSSR count). The summed E-state index contributed by atoms with van der Waals surface area (Å²) in [5.74, 6) is 0.707. The van der Waals surface area contributed by atoms with Gasteiger partial charge in [0.25, 0.3) is 0 Å². The Labute approximate surface area is 194 Å². The Morgan fingerprint density at radius 2 is 1.83 bits per heavy atom. The van der Waals surface area contributed by atoms with Crippen molar-refractivity contribution in [1.29, 1.82) is 0 Å². The minimum Gasteiger partial charge on any atom is -0.356 e. The first-order valence-corrected chi connectivity index (χ1v) is 11.2. The molecule has 0 saturated heterocycles. The first-order valence-electron chi connectivity index (χ1n) is 9.27. The highest BCUT2D eigenvalue weighted by molar-refractivity contribution is 14.0. The molecule has 0 fully saturated rings. The average Bonchev–Trinajstić information content (AvgIpc) is 3.25. The number of hydrogen-bond acceptors (Lipinski definition) is 4. The number of sulfone groups is 1. The number of nitrogens with zero attached hydrogens (tertiary/aromatic N) is 3. The Kier molecular flexibility index (Phi) is 8.85. The van der Waals surface area contributed by atoms with E-state index in [4.69, 9.17) is 0 Å². The number of benzene rings is 2. The van der Waals surface area contributed by atoms with Crippen LogP contribution in [-0.2, 0) is 22.8 Å². The number of imidazole rings is 1. The van der Waals surface area contributed by atoms with Gasteiger partial charge in [0.2, 0.25) is 0 Å². The number of rotatable bonds is 7. The molecule has 1 aromatic heterocycles. The Morgan fingerprint density at radius 1 is 1.10 bits per heavy atom. The number of halogens is 1. The lowest BCUT2D eigenvalue weighted by Crippen LogP contribution is -2.38. The fourth-order valence-corrected chi connectivity index (χ4v) is 3.57. The first kappa shape index (κ1) is 23.9. The van der Waals surface area contributed by atoms with Crippen LogP contribution >= 0.6 is 24.0 Å². The van der Waals surface area contributed by atoms with E-state index in [0.29, 0.717) is 23.9 Å². The predicted octanol–water partition coefficient (Wildman–Crippen LogP) is 2.80. The quantitative estimate of drug-likeness (QED) is 0.274. The summed E-state index contributed by atoms with van der Waals surface area (Å²) in [6, 6.07) is 15.1. The number of aromatic nitrogens is 2. The number of aliphatic imine (C=N–C) groups is 1. The van der Waals surface area contributed by atoms with E-state index < -0.39 is 9.84 Å². The van der Waals surface area contributed by atoms with Crippen molar-refractivity contribution in [3.63, 3.8) is 0 Å². The van der Waals surface area contributed by atoms with Crippen LogP contribution in [0.2, 0.25) is 0 Å². The molecule has 3 aromatic rings. The van der Waals surface area contributed by atoms with Crippen LogP contribution in [0.3, 0.4) is 0 Å². The maximum absolute atomic E-state index is 11.5. The lowest BCUT2D eigenvalue weighted by molar-refractivity contribution is 0.602. The highest BCUT2D eigenvalue weighted by atomic mass is 127. The topological polar surface area (TPSA) is 88.4 Å². The Balaban J connectivity index is 0.00000320. The third-order valence-electron chi connectivity index (χ3n) is 4.50. The normalized spacial score (nSPS) is 11.6. The van der Waals surface area contributed by atoms with Gasteiger partial charge in [0.05, 0.1) is 16.9 Å². The van der Waals surface area contributed by atoms with E-state index in [1.165, 1.54) is 6.26 Å². The summed E-state index contributed by atoms with van der Waals surface area (Å²) in [4.78, 5) is 8.72. The fraction of sp³-hybridized carbons (Fsp3) is 0.238. The lowest BCUT2D eigenvalue weighted by Gasteiger charge is -2.14. The molecule has 0 spiro atoms. The Bertz CT molecular complexity index is 1070. The zero-order chi connectivity index (χ0) is 20.7. The molecule has 0 radical (unpaired) electrons. The third kappa shape index (κ3) is 6.56. The van der Waals surface area contributed by atoms with Gasteiger partial charge in [-0.2, -0.15) is 0 Å². The molecule has 2 N–H and O–H groups in total. The summed E-state index contributed by atoms with van der Waals surface area (Å²) in [5.41, 5.74) is 3.26. The monoisotopic (exact) mass is 539 g/mol. The van der Waals surface area contributed by atoms with E-state index in [1.54, 1.807) is 31.7 Å². The maximum atomic E-state index is 11.5. The SMILES string of the molecule is CN=C(NCCc1ccc(S(C)(=O)=O)cc1)NCc1ccccc1-n1ccnc1.I. The highest BCUT2D eigenvalue weighted by Gasteiger charge is 2.07. The van der Waals surface area contributed by atoms with Crippen molar-refractivity contribution in [2.24, 2.45) is 4.99 Å². The summed E-state index contributed by atoms with van der Waals surface area (Å²) in [5, 5.41) is 6.62. The van der Waals surface area contributed by atoms with Crippen LogP contribution in [0.15, 0.2) is 77.1 Å². The average molecular weight is 539 g/mol. The number of nitrogens with one attached hydrogen (secondary N) is 2. The molecule has 0 atom stereocenters. The third-order valence-corrected chi connectivity index (χ3v) is 5.63. The van der Waals surface area contributed by atoms with Gasteiger partial charge in [-0.1, -0.05) is 30.3 Å². The molecule has 0 bridgehead atoms. The molecule has 160 valence electrons.